The molecule has 0 amide bonds. The number of guanidine groups is 1. The predicted octanol–water partition coefficient (Wildman–Crippen LogP) is 2.39. The van der Waals surface area contributed by atoms with Gasteiger partial charge in [0.15, 0.2) is 5.96 Å². The summed E-state index contributed by atoms with van der Waals surface area (Å²) in [6.45, 7) is 1.78. The summed E-state index contributed by atoms with van der Waals surface area (Å²) >= 11 is 0. The number of benzene rings is 1. The summed E-state index contributed by atoms with van der Waals surface area (Å²) in [5, 5.41) is 6.64. The molecule has 0 unspecified atom stereocenters. The Morgan fingerprint density at radius 2 is 2.16 bits per heavy atom. The van der Waals surface area contributed by atoms with Crippen molar-refractivity contribution in [2.45, 2.75) is 19.4 Å². The van der Waals surface area contributed by atoms with Crippen molar-refractivity contribution < 1.29 is 4.74 Å². The zero-order valence-electron chi connectivity index (χ0n) is 11.5. The molecule has 0 aromatic heterocycles. The number of nitrogens with zero attached hydrogens (tertiary/aromatic N) is 1. The molecule has 1 aromatic carbocycles. The normalized spacial score (nSPS) is 14.5. The minimum atomic E-state index is 0. The van der Waals surface area contributed by atoms with Crippen LogP contribution in [0.4, 0.5) is 0 Å². The van der Waals surface area contributed by atoms with Gasteiger partial charge in [0.25, 0.3) is 0 Å². The second-order valence-corrected chi connectivity index (χ2v) is 4.60. The predicted molar refractivity (Wildman–Crippen MR) is 89.3 cm³/mol. The molecule has 0 radical (unpaired) electrons. The Kier molecular flexibility index (Phi) is 6.97. The van der Waals surface area contributed by atoms with Crippen molar-refractivity contribution in [3.8, 4) is 5.75 Å². The molecule has 1 aliphatic carbocycles. The highest BCUT2D eigenvalue weighted by atomic mass is 127. The lowest BCUT2D eigenvalue weighted by atomic mass is 10.2. The van der Waals surface area contributed by atoms with Gasteiger partial charge in [-0.05, 0) is 36.5 Å². The number of halogens is 1. The van der Waals surface area contributed by atoms with Crippen molar-refractivity contribution in [3.05, 3.63) is 29.8 Å². The number of aliphatic imine (C=N–C) groups is 1. The van der Waals surface area contributed by atoms with E-state index in [0.717, 1.165) is 30.7 Å². The fourth-order valence-electron chi connectivity index (χ4n) is 1.75. The van der Waals surface area contributed by atoms with E-state index in [-0.39, 0.29) is 24.0 Å². The molecule has 2 rings (SSSR count). The smallest absolute Gasteiger partial charge is 0.191 e. The van der Waals surface area contributed by atoms with Gasteiger partial charge in [0.05, 0.1) is 7.11 Å². The number of rotatable bonds is 5. The monoisotopic (exact) mass is 375 g/mol. The Balaban J connectivity index is 0.00000180. The molecule has 0 bridgehead atoms. The first kappa shape index (κ1) is 16.1. The average Bonchev–Trinajstić information content (AvgIpc) is 3.23. The second kappa shape index (κ2) is 8.24. The molecule has 0 saturated heterocycles. The summed E-state index contributed by atoms with van der Waals surface area (Å²) in [7, 11) is 3.48. The number of hydrogen-bond donors (Lipinski definition) is 2. The number of methoxy groups -OCH3 is 1. The van der Waals surface area contributed by atoms with Crippen molar-refractivity contribution >= 4 is 29.9 Å². The summed E-state index contributed by atoms with van der Waals surface area (Å²) in [5.41, 5.74) is 1.18. The highest BCUT2D eigenvalue weighted by molar-refractivity contribution is 14.0. The average molecular weight is 375 g/mol. The first-order chi connectivity index (χ1) is 8.81. The van der Waals surface area contributed by atoms with Crippen molar-refractivity contribution in [1.29, 1.82) is 0 Å². The number of nitrogens with one attached hydrogen (secondary N) is 2. The van der Waals surface area contributed by atoms with Crippen LogP contribution in [0.15, 0.2) is 29.3 Å². The van der Waals surface area contributed by atoms with Gasteiger partial charge in [0.1, 0.15) is 5.75 Å². The van der Waals surface area contributed by atoms with Gasteiger partial charge in [-0.15, -0.1) is 24.0 Å². The highest BCUT2D eigenvalue weighted by Gasteiger charge is 2.20. The van der Waals surface area contributed by atoms with Crippen molar-refractivity contribution in [2.75, 3.05) is 20.7 Å². The fraction of sp³-hybridized carbons (Fsp3) is 0.500. The summed E-state index contributed by atoms with van der Waals surface area (Å²) < 4.78 is 5.20. The first-order valence-corrected chi connectivity index (χ1v) is 6.39. The van der Waals surface area contributed by atoms with E-state index in [1.165, 1.54) is 18.4 Å². The van der Waals surface area contributed by atoms with Crippen LogP contribution in [-0.4, -0.2) is 26.7 Å². The van der Waals surface area contributed by atoms with Crippen molar-refractivity contribution in [1.82, 2.24) is 10.6 Å². The molecule has 1 aliphatic rings. The molecular weight excluding hydrogens is 353 g/mol. The van der Waals surface area contributed by atoms with Crippen LogP contribution in [0.25, 0.3) is 0 Å². The topological polar surface area (TPSA) is 45.7 Å². The number of hydrogen-bond acceptors (Lipinski definition) is 2. The second-order valence-electron chi connectivity index (χ2n) is 4.60. The lowest BCUT2D eigenvalue weighted by Gasteiger charge is -2.12. The van der Waals surface area contributed by atoms with Gasteiger partial charge < -0.3 is 15.4 Å². The minimum Gasteiger partial charge on any atom is -0.497 e. The Hall–Kier alpha value is -0.980. The van der Waals surface area contributed by atoms with Crippen LogP contribution in [0.5, 0.6) is 5.75 Å². The van der Waals surface area contributed by atoms with E-state index in [2.05, 4.69) is 21.7 Å². The van der Waals surface area contributed by atoms with Crippen LogP contribution in [0.3, 0.4) is 0 Å². The van der Waals surface area contributed by atoms with Gasteiger partial charge >= 0.3 is 0 Å². The van der Waals surface area contributed by atoms with Gasteiger partial charge in [-0.3, -0.25) is 4.99 Å². The maximum atomic E-state index is 5.20. The molecule has 1 saturated carbocycles. The molecule has 1 fully saturated rings. The molecule has 5 heteroatoms. The summed E-state index contributed by atoms with van der Waals surface area (Å²) in [6.07, 6.45) is 2.69. The standard InChI is InChI=1S/C14H21N3O.HI/c1-15-14(16-9-11-6-7-11)17-10-12-4-3-5-13(8-12)18-2;/h3-5,8,11H,6-7,9-10H2,1-2H3,(H2,15,16,17);1H. The van der Waals surface area contributed by atoms with E-state index in [1.54, 1.807) is 14.2 Å². The Morgan fingerprint density at radius 1 is 1.37 bits per heavy atom. The zero-order valence-corrected chi connectivity index (χ0v) is 13.8. The van der Waals surface area contributed by atoms with Gasteiger partial charge in [-0.1, -0.05) is 12.1 Å². The van der Waals surface area contributed by atoms with E-state index in [0.29, 0.717) is 0 Å². The van der Waals surface area contributed by atoms with E-state index < -0.39 is 0 Å². The molecular formula is C14H22IN3O. The number of ether oxygens (including phenoxy) is 1. The van der Waals surface area contributed by atoms with Crippen LogP contribution >= 0.6 is 24.0 Å². The summed E-state index contributed by atoms with van der Waals surface area (Å²) in [4.78, 5) is 4.21. The van der Waals surface area contributed by atoms with E-state index in [4.69, 9.17) is 4.74 Å². The lowest BCUT2D eigenvalue weighted by Crippen LogP contribution is -2.37. The van der Waals surface area contributed by atoms with Crippen LogP contribution in [0, 0.1) is 5.92 Å². The van der Waals surface area contributed by atoms with E-state index in [9.17, 15) is 0 Å². The lowest BCUT2D eigenvalue weighted by molar-refractivity contribution is 0.414. The summed E-state index contributed by atoms with van der Waals surface area (Å²) in [6, 6.07) is 8.05. The third kappa shape index (κ3) is 5.67. The molecule has 1 aromatic rings. The third-order valence-electron chi connectivity index (χ3n) is 3.07. The third-order valence-corrected chi connectivity index (χ3v) is 3.07. The van der Waals surface area contributed by atoms with Crippen LogP contribution in [0.1, 0.15) is 18.4 Å². The zero-order chi connectivity index (χ0) is 12.8. The van der Waals surface area contributed by atoms with Gasteiger partial charge in [-0.2, -0.15) is 0 Å². The molecule has 0 atom stereocenters. The SMILES string of the molecule is CN=C(NCc1cccc(OC)c1)NCC1CC1.I. The molecule has 4 nitrogen and oxygen atoms in total. The Bertz CT molecular complexity index is 419. The van der Waals surface area contributed by atoms with Crippen LogP contribution in [0.2, 0.25) is 0 Å². The highest BCUT2D eigenvalue weighted by Crippen LogP contribution is 2.27. The van der Waals surface area contributed by atoms with Crippen molar-refractivity contribution in [2.24, 2.45) is 10.9 Å². The first-order valence-electron chi connectivity index (χ1n) is 6.39. The molecule has 0 aliphatic heterocycles. The van der Waals surface area contributed by atoms with E-state index >= 15 is 0 Å². The fourth-order valence-corrected chi connectivity index (χ4v) is 1.75. The molecule has 106 valence electrons. The Labute approximate surface area is 132 Å². The molecule has 19 heavy (non-hydrogen) atoms. The van der Waals surface area contributed by atoms with Crippen LogP contribution < -0.4 is 15.4 Å². The van der Waals surface area contributed by atoms with Gasteiger partial charge in [0.2, 0.25) is 0 Å². The molecule has 2 N–H and O–H groups in total. The Morgan fingerprint density at radius 3 is 2.79 bits per heavy atom. The van der Waals surface area contributed by atoms with Crippen molar-refractivity contribution in [3.63, 3.8) is 0 Å². The minimum absolute atomic E-state index is 0. The quantitative estimate of drug-likeness (QED) is 0.472. The maximum absolute atomic E-state index is 5.20. The summed E-state index contributed by atoms with van der Waals surface area (Å²) in [5.74, 6) is 2.60. The van der Waals surface area contributed by atoms with Gasteiger partial charge in [-0.25, -0.2) is 0 Å². The molecule has 0 heterocycles. The molecule has 0 spiro atoms. The van der Waals surface area contributed by atoms with Crippen LogP contribution in [-0.2, 0) is 6.54 Å². The van der Waals surface area contributed by atoms with E-state index in [1.807, 2.05) is 18.2 Å². The maximum Gasteiger partial charge on any atom is 0.191 e. The van der Waals surface area contributed by atoms with Gasteiger partial charge in [0, 0.05) is 20.1 Å². The largest absolute Gasteiger partial charge is 0.497 e.